The number of aromatic nitrogens is 2. The lowest BCUT2D eigenvalue weighted by Gasteiger charge is -2.24. The van der Waals surface area contributed by atoms with Crippen LogP contribution in [0.25, 0.3) is 10.9 Å². The van der Waals surface area contributed by atoms with Crippen molar-refractivity contribution in [1.82, 2.24) is 15.3 Å². The smallest absolute Gasteiger partial charge is 0.221 e. The Morgan fingerprint density at radius 1 is 1.18 bits per heavy atom. The van der Waals surface area contributed by atoms with Crippen molar-refractivity contribution >= 4 is 22.6 Å². The number of carbonyl (C=O) groups excluding carboxylic acids is 1. The zero-order valence-corrected chi connectivity index (χ0v) is 16.8. The Labute approximate surface area is 166 Å². The van der Waals surface area contributed by atoms with E-state index in [-0.39, 0.29) is 5.91 Å². The van der Waals surface area contributed by atoms with Crippen molar-refractivity contribution < 1.29 is 9.21 Å². The molecule has 6 nitrogen and oxygen atoms in total. The van der Waals surface area contributed by atoms with E-state index in [2.05, 4.69) is 29.0 Å². The predicted molar refractivity (Wildman–Crippen MR) is 111 cm³/mol. The Bertz CT molecular complexity index is 906. The molecule has 0 saturated carbocycles. The van der Waals surface area contributed by atoms with E-state index in [4.69, 9.17) is 9.40 Å². The lowest BCUT2D eigenvalue weighted by Crippen LogP contribution is -2.33. The van der Waals surface area contributed by atoms with Crippen molar-refractivity contribution in [2.45, 2.75) is 40.2 Å². The molecule has 3 rings (SSSR count). The lowest BCUT2D eigenvalue weighted by molar-refractivity contribution is -0.121. The molecule has 1 amide bonds. The molecular weight excluding hydrogens is 352 g/mol. The Kier molecular flexibility index (Phi) is 6.63. The minimum absolute atomic E-state index is 0.0484. The Hall–Kier alpha value is -2.89. The second-order valence-corrected chi connectivity index (χ2v) is 7.28. The molecule has 0 aliphatic rings. The normalized spacial score (nSPS) is 11.1. The molecule has 0 aliphatic heterocycles. The SMILES string of the molecule is CCc1nc(N(CCC(=O)NCC(C)C)Cc2ccco2)c2ccccc2n1. The topological polar surface area (TPSA) is 71.3 Å². The van der Waals surface area contributed by atoms with Gasteiger partial charge in [0.25, 0.3) is 0 Å². The minimum atomic E-state index is 0.0484. The molecule has 0 radical (unpaired) electrons. The van der Waals surface area contributed by atoms with Crippen molar-refractivity contribution in [2.75, 3.05) is 18.0 Å². The molecule has 148 valence electrons. The fraction of sp³-hybridized carbons (Fsp3) is 0.409. The number of furan rings is 1. The third-order valence-corrected chi connectivity index (χ3v) is 4.49. The summed E-state index contributed by atoms with van der Waals surface area (Å²) in [6, 6.07) is 11.8. The predicted octanol–water partition coefficient (Wildman–Crippen LogP) is 3.95. The zero-order valence-electron chi connectivity index (χ0n) is 16.8. The van der Waals surface area contributed by atoms with Crippen LogP contribution in [-0.4, -0.2) is 29.0 Å². The van der Waals surface area contributed by atoms with Crippen molar-refractivity contribution in [3.05, 3.63) is 54.2 Å². The van der Waals surface area contributed by atoms with E-state index in [1.165, 1.54) is 0 Å². The first-order valence-electron chi connectivity index (χ1n) is 9.86. The van der Waals surface area contributed by atoms with Gasteiger partial charge in [-0.2, -0.15) is 0 Å². The van der Waals surface area contributed by atoms with E-state index in [1.807, 2.05) is 43.3 Å². The molecule has 0 saturated heterocycles. The van der Waals surface area contributed by atoms with Crippen LogP contribution in [0.4, 0.5) is 5.82 Å². The molecule has 0 bridgehead atoms. The fourth-order valence-electron chi connectivity index (χ4n) is 3.00. The molecule has 2 aromatic heterocycles. The van der Waals surface area contributed by atoms with Crippen LogP contribution in [0.1, 0.15) is 38.8 Å². The van der Waals surface area contributed by atoms with Crippen LogP contribution >= 0.6 is 0 Å². The van der Waals surface area contributed by atoms with Gasteiger partial charge in [-0.25, -0.2) is 9.97 Å². The maximum absolute atomic E-state index is 12.3. The average Bonchev–Trinajstić information content (AvgIpc) is 3.21. The molecule has 28 heavy (non-hydrogen) atoms. The first kappa shape index (κ1) is 19.9. The van der Waals surface area contributed by atoms with Gasteiger partial charge in [-0.3, -0.25) is 4.79 Å². The van der Waals surface area contributed by atoms with Gasteiger partial charge in [0.1, 0.15) is 17.4 Å². The number of para-hydroxylation sites is 1. The summed E-state index contributed by atoms with van der Waals surface area (Å²) in [6.07, 6.45) is 2.81. The van der Waals surface area contributed by atoms with Crippen LogP contribution in [0.2, 0.25) is 0 Å². The van der Waals surface area contributed by atoms with Gasteiger partial charge in [-0.05, 0) is 30.2 Å². The standard InChI is InChI=1S/C22H28N4O2/c1-4-20-24-19-10-6-5-9-18(19)22(25-20)26(15-17-8-7-13-28-17)12-11-21(27)23-14-16(2)3/h5-10,13,16H,4,11-12,14-15H2,1-3H3,(H,23,27). The van der Waals surface area contributed by atoms with Crippen molar-refractivity contribution in [3.63, 3.8) is 0 Å². The first-order chi connectivity index (χ1) is 13.6. The Morgan fingerprint density at radius 3 is 2.71 bits per heavy atom. The number of amides is 1. The number of carbonyl (C=O) groups is 1. The summed E-state index contributed by atoms with van der Waals surface area (Å²) >= 11 is 0. The third kappa shape index (κ3) is 5.09. The van der Waals surface area contributed by atoms with Crippen molar-refractivity contribution in [1.29, 1.82) is 0 Å². The number of hydrogen-bond acceptors (Lipinski definition) is 5. The molecule has 0 fully saturated rings. The summed E-state index contributed by atoms with van der Waals surface area (Å²) in [7, 11) is 0. The summed E-state index contributed by atoms with van der Waals surface area (Å²) in [5.74, 6) is 2.95. The van der Waals surface area contributed by atoms with Crippen LogP contribution in [0.15, 0.2) is 47.1 Å². The molecule has 0 aliphatic carbocycles. The number of benzene rings is 1. The number of fused-ring (bicyclic) bond motifs is 1. The van der Waals surface area contributed by atoms with Gasteiger partial charge in [-0.1, -0.05) is 32.9 Å². The maximum atomic E-state index is 12.3. The average molecular weight is 380 g/mol. The quantitative estimate of drug-likeness (QED) is 0.608. The van der Waals surface area contributed by atoms with Crippen LogP contribution in [0.3, 0.4) is 0 Å². The molecule has 0 atom stereocenters. The van der Waals surface area contributed by atoms with Crippen molar-refractivity contribution in [3.8, 4) is 0 Å². The number of aryl methyl sites for hydroxylation is 1. The molecule has 1 aromatic carbocycles. The van der Waals surface area contributed by atoms with Crippen LogP contribution in [0, 0.1) is 5.92 Å². The van der Waals surface area contributed by atoms with Gasteiger partial charge in [0.2, 0.25) is 5.91 Å². The summed E-state index contributed by atoms with van der Waals surface area (Å²) in [5.41, 5.74) is 0.915. The third-order valence-electron chi connectivity index (χ3n) is 4.49. The first-order valence-corrected chi connectivity index (χ1v) is 9.86. The number of anilines is 1. The summed E-state index contributed by atoms with van der Waals surface area (Å²) in [5, 5.41) is 3.97. The molecule has 1 N–H and O–H groups in total. The lowest BCUT2D eigenvalue weighted by atomic mass is 10.2. The van der Waals surface area contributed by atoms with E-state index in [0.717, 1.165) is 34.7 Å². The van der Waals surface area contributed by atoms with Gasteiger partial charge in [0.15, 0.2) is 0 Å². The van der Waals surface area contributed by atoms with Gasteiger partial charge in [0.05, 0.1) is 18.3 Å². The zero-order chi connectivity index (χ0) is 19.9. The largest absolute Gasteiger partial charge is 0.467 e. The maximum Gasteiger partial charge on any atom is 0.221 e. The molecule has 0 unspecified atom stereocenters. The van der Waals surface area contributed by atoms with E-state index >= 15 is 0 Å². The Balaban J connectivity index is 1.88. The van der Waals surface area contributed by atoms with Gasteiger partial charge < -0.3 is 14.6 Å². The molecule has 3 aromatic rings. The molecule has 2 heterocycles. The number of rotatable bonds is 9. The second kappa shape index (κ2) is 9.35. The molecule has 6 heteroatoms. The number of hydrogen-bond donors (Lipinski definition) is 1. The second-order valence-electron chi connectivity index (χ2n) is 7.28. The highest BCUT2D eigenvalue weighted by atomic mass is 16.3. The monoisotopic (exact) mass is 380 g/mol. The summed E-state index contributed by atoms with van der Waals surface area (Å²) in [4.78, 5) is 23.8. The van der Waals surface area contributed by atoms with Crippen LogP contribution in [0.5, 0.6) is 0 Å². The highest BCUT2D eigenvalue weighted by Gasteiger charge is 2.17. The number of nitrogens with one attached hydrogen (secondary N) is 1. The van der Waals surface area contributed by atoms with E-state index in [9.17, 15) is 4.79 Å². The highest BCUT2D eigenvalue weighted by molar-refractivity contribution is 5.89. The van der Waals surface area contributed by atoms with E-state index in [1.54, 1.807) is 6.26 Å². The highest BCUT2D eigenvalue weighted by Crippen LogP contribution is 2.26. The van der Waals surface area contributed by atoms with Gasteiger partial charge in [0, 0.05) is 31.3 Å². The van der Waals surface area contributed by atoms with Gasteiger partial charge in [-0.15, -0.1) is 0 Å². The molecular formula is C22H28N4O2. The van der Waals surface area contributed by atoms with Crippen molar-refractivity contribution in [2.24, 2.45) is 5.92 Å². The van der Waals surface area contributed by atoms with E-state index < -0.39 is 0 Å². The van der Waals surface area contributed by atoms with Gasteiger partial charge >= 0.3 is 0 Å². The number of nitrogens with zero attached hydrogens (tertiary/aromatic N) is 3. The summed E-state index contributed by atoms with van der Waals surface area (Å²) < 4.78 is 5.55. The fourth-order valence-corrected chi connectivity index (χ4v) is 3.00. The minimum Gasteiger partial charge on any atom is -0.467 e. The molecule has 0 spiro atoms. The van der Waals surface area contributed by atoms with Crippen LogP contribution < -0.4 is 10.2 Å². The Morgan fingerprint density at radius 2 is 2.00 bits per heavy atom. The summed E-state index contributed by atoms with van der Waals surface area (Å²) in [6.45, 7) is 8.01. The van der Waals surface area contributed by atoms with Crippen LogP contribution in [-0.2, 0) is 17.8 Å². The van der Waals surface area contributed by atoms with E-state index in [0.29, 0.717) is 32.0 Å².